The van der Waals surface area contributed by atoms with Gasteiger partial charge in [-0.05, 0) is 20.3 Å². The van der Waals surface area contributed by atoms with Crippen LogP contribution in [0.5, 0.6) is 0 Å². The monoisotopic (exact) mass is 270 g/mol. The van der Waals surface area contributed by atoms with Gasteiger partial charge < -0.3 is 9.47 Å². The van der Waals surface area contributed by atoms with Crippen LogP contribution >= 0.6 is 0 Å². The number of ketones is 1. The molecule has 1 saturated heterocycles. The molecule has 19 heavy (non-hydrogen) atoms. The lowest BCUT2D eigenvalue weighted by molar-refractivity contribution is -0.158. The van der Waals surface area contributed by atoms with Gasteiger partial charge in [0, 0.05) is 12.3 Å². The molecule has 0 aromatic carbocycles. The number of hydrogen-bond acceptors (Lipinski definition) is 5. The standard InChI is InChI=1S/C14H22O5/c1-6-14(4,13(17)18-5)11(15)7-10-8(2)9(3)19-12(10)16/h8-10H,6-7H2,1-5H3/t8-,9+,10-,14-/m1/s1. The third-order valence-corrected chi connectivity index (χ3v) is 4.34. The minimum atomic E-state index is -1.18. The van der Waals surface area contributed by atoms with Gasteiger partial charge in [0.1, 0.15) is 11.5 Å². The molecule has 0 N–H and O–H groups in total. The highest BCUT2D eigenvalue weighted by atomic mass is 16.6. The van der Waals surface area contributed by atoms with Crippen LogP contribution in [-0.2, 0) is 23.9 Å². The molecule has 4 atom stereocenters. The number of ether oxygens (including phenoxy) is 2. The van der Waals surface area contributed by atoms with Gasteiger partial charge in [-0.3, -0.25) is 14.4 Å². The smallest absolute Gasteiger partial charge is 0.319 e. The summed E-state index contributed by atoms with van der Waals surface area (Å²) in [5.74, 6) is -1.64. The summed E-state index contributed by atoms with van der Waals surface area (Å²) >= 11 is 0. The number of esters is 2. The van der Waals surface area contributed by atoms with Crippen molar-refractivity contribution < 1.29 is 23.9 Å². The second kappa shape index (κ2) is 5.72. The maximum atomic E-state index is 12.3. The third kappa shape index (κ3) is 2.80. The van der Waals surface area contributed by atoms with Crippen LogP contribution in [0, 0.1) is 17.3 Å². The Bertz CT molecular complexity index is 389. The minimum Gasteiger partial charge on any atom is -0.468 e. The molecule has 5 nitrogen and oxygen atoms in total. The molecule has 1 heterocycles. The van der Waals surface area contributed by atoms with Gasteiger partial charge in [-0.1, -0.05) is 13.8 Å². The van der Waals surface area contributed by atoms with Crippen LogP contribution in [0.2, 0.25) is 0 Å². The first-order valence-corrected chi connectivity index (χ1v) is 6.60. The Kier molecular flexibility index (Phi) is 4.71. The van der Waals surface area contributed by atoms with Gasteiger partial charge in [-0.15, -0.1) is 0 Å². The SMILES string of the molecule is CC[C@](C)(C(=O)C[C@H]1C(=O)O[C@@H](C)[C@H]1C)C(=O)OC. The molecule has 0 bridgehead atoms. The lowest BCUT2D eigenvalue weighted by Gasteiger charge is -2.25. The summed E-state index contributed by atoms with van der Waals surface area (Å²) in [6, 6.07) is 0. The highest BCUT2D eigenvalue weighted by Crippen LogP contribution is 2.34. The molecule has 1 aliphatic heterocycles. The number of hydrogen-bond donors (Lipinski definition) is 0. The molecule has 0 aromatic rings. The first kappa shape index (κ1) is 15.7. The molecule has 0 radical (unpaired) electrons. The van der Waals surface area contributed by atoms with Gasteiger partial charge in [0.25, 0.3) is 0 Å². The number of methoxy groups -OCH3 is 1. The largest absolute Gasteiger partial charge is 0.468 e. The highest BCUT2D eigenvalue weighted by molar-refractivity contribution is 6.04. The molecule has 1 rings (SSSR count). The van der Waals surface area contributed by atoms with Crippen LogP contribution < -0.4 is 0 Å². The van der Waals surface area contributed by atoms with Crippen molar-refractivity contribution in [3.8, 4) is 0 Å². The zero-order valence-electron chi connectivity index (χ0n) is 12.2. The van der Waals surface area contributed by atoms with E-state index in [0.717, 1.165) is 0 Å². The molecular weight excluding hydrogens is 248 g/mol. The van der Waals surface area contributed by atoms with E-state index in [-0.39, 0.29) is 30.2 Å². The van der Waals surface area contributed by atoms with E-state index in [1.165, 1.54) is 7.11 Å². The van der Waals surface area contributed by atoms with E-state index < -0.39 is 17.3 Å². The molecular formula is C14H22O5. The van der Waals surface area contributed by atoms with Gasteiger partial charge in [0.15, 0.2) is 5.78 Å². The predicted molar refractivity (Wildman–Crippen MR) is 68.2 cm³/mol. The number of carbonyl (C=O) groups excluding carboxylic acids is 3. The van der Waals surface area contributed by atoms with Gasteiger partial charge >= 0.3 is 11.9 Å². The predicted octanol–water partition coefficient (Wildman–Crippen LogP) is 1.73. The van der Waals surface area contributed by atoms with Crippen LogP contribution in [0.15, 0.2) is 0 Å². The van der Waals surface area contributed by atoms with Gasteiger partial charge in [0.2, 0.25) is 0 Å². The number of Topliss-reactive ketones (excluding diaryl/α,β-unsaturated/α-hetero) is 1. The average Bonchev–Trinajstić information content (AvgIpc) is 2.63. The van der Waals surface area contributed by atoms with E-state index in [9.17, 15) is 14.4 Å². The topological polar surface area (TPSA) is 69.7 Å². The van der Waals surface area contributed by atoms with E-state index in [4.69, 9.17) is 9.47 Å². The van der Waals surface area contributed by atoms with Crippen molar-refractivity contribution >= 4 is 17.7 Å². The Labute approximate surface area is 113 Å². The van der Waals surface area contributed by atoms with E-state index in [2.05, 4.69) is 0 Å². The fourth-order valence-electron chi connectivity index (χ4n) is 2.29. The van der Waals surface area contributed by atoms with E-state index in [1.54, 1.807) is 13.8 Å². The maximum Gasteiger partial charge on any atom is 0.319 e. The lowest BCUT2D eigenvalue weighted by Crippen LogP contribution is -2.39. The van der Waals surface area contributed by atoms with Crippen molar-refractivity contribution in [2.75, 3.05) is 7.11 Å². The Balaban J connectivity index is 2.84. The summed E-state index contributed by atoms with van der Waals surface area (Å²) in [6.45, 7) is 7.02. The summed E-state index contributed by atoms with van der Waals surface area (Å²) in [5, 5.41) is 0. The summed E-state index contributed by atoms with van der Waals surface area (Å²) in [5.41, 5.74) is -1.18. The van der Waals surface area contributed by atoms with Crippen LogP contribution in [0.3, 0.4) is 0 Å². The quantitative estimate of drug-likeness (QED) is 0.562. The van der Waals surface area contributed by atoms with Crippen LogP contribution in [0.4, 0.5) is 0 Å². The fourth-order valence-corrected chi connectivity index (χ4v) is 2.29. The normalized spacial score (nSPS) is 29.5. The zero-order chi connectivity index (χ0) is 14.8. The first-order valence-electron chi connectivity index (χ1n) is 6.60. The summed E-state index contributed by atoms with van der Waals surface area (Å²) in [4.78, 5) is 35.8. The van der Waals surface area contributed by atoms with Crippen LogP contribution in [0.25, 0.3) is 0 Å². The fraction of sp³-hybridized carbons (Fsp3) is 0.786. The summed E-state index contributed by atoms with van der Waals surface area (Å²) in [6.07, 6.45) is 0.199. The highest BCUT2D eigenvalue weighted by Gasteiger charge is 2.46. The molecule has 1 fully saturated rings. The van der Waals surface area contributed by atoms with Crippen molar-refractivity contribution in [2.45, 2.75) is 46.6 Å². The summed E-state index contributed by atoms with van der Waals surface area (Å²) in [7, 11) is 1.26. The number of carbonyl (C=O) groups is 3. The minimum absolute atomic E-state index is 0.0183. The third-order valence-electron chi connectivity index (χ3n) is 4.34. The van der Waals surface area contributed by atoms with Gasteiger partial charge in [0.05, 0.1) is 13.0 Å². The van der Waals surface area contributed by atoms with E-state index in [0.29, 0.717) is 6.42 Å². The average molecular weight is 270 g/mol. The van der Waals surface area contributed by atoms with Crippen molar-refractivity contribution in [3.63, 3.8) is 0 Å². The number of rotatable bonds is 5. The molecule has 0 amide bonds. The lowest BCUT2D eigenvalue weighted by atomic mass is 9.77. The van der Waals surface area contributed by atoms with E-state index >= 15 is 0 Å². The molecule has 0 saturated carbocycles. The second-order valence-electron chi connectivity index (χ2n) is 5.41. The van der Waals surface area contributed by atoms with Gasteiger partial charge in [-0.25, -0.2) is 0 Å². The zero-order valence-corrected chi connectivity index (χ0v) is 12.2. The molecule has 1 aliphatic rings. The molecule has 0 aliphatic carbocycles. The van der Waals surface area contributed by atoms with Crippen LogP contribution in [0.1, 0.15) is 40.5 Å². The molecule has 108 valence electrons. The first-order chi connectivity index (χ1) is 8.77. The maximum absolute atomic E-state index is 12.3. The second-order valence-corrected chi connectivity index (χ2v) is 5.41. The van der Waals surface area contributed by atoms with Crippen molar-refractivity contribution in [2.24, 2.45) is 17.3 Å². The Morgan fingerprint density at radius 3 is 2.32 bits per heavy atom. The van der Waals surface area contributed by atoms with Crippen molar-refractivity contribution in [1.82, 2.24) is 0 Å². The van der Waals surface area contributed by atoms with E-state index in [1.807, 2.05) is 13.8 Å². The Hall–Kier alpha value is -1.39. The molecule has 0 spiro atoms. The van der Waals surface area contributed by atoms with Gasteiger partial charge in [-0.2, -0.15) is 0 Å². The Morgan fingerprint density at radius 2 is 1.95 bits per heavy atom. The molecule has 0 aromatic heterocycles. The molecule has 0 unspecified atom stereocenters. The van der Waals surface area contributed by atoms with Crippen molar-refractivity contribution in [1.29, 1.82) is 0 Å². The molecule has 5 heteroatoms. The van der Waals surface area contributed by atoms with Crippen LogP contribution in [-0.4, -0.2) is 30.9 Å². The van der Waals surface area contributed by atoms with Crippen molar-refractivity contribution in [3.05, 3.63) is 0 Å². The summed E-state index contributed by atoms with van der Waals surface area (Å²) < 4.78 is 9.80. The number of cyclic esters (lactones) is 1. The Morgan fingerprint density at radius 1 is 1.37 bits per heavy atom.